The van der Waals surface area contributed by atoms with Crippen LogP contribution in [0.2, 0.25) is 0 Å². The van der Waals surface area contributed by atoms with E-state index in [0.29, 0.717) is 5.56 Å². The number of aliphatic carboxylic acids is 2. The molecule has 0 aliphatic carbocycles. The maximum atomic E-state index is 13.7. The summed E-state index contributed by atoms with van der Waals surface area (Å²) in [6.07, 6.45) is -2.94. The highest BCUT2D eigenvalue weighted by atomic mass is 19.4. The van der Waals surface area contributed by atoms with Gasteiger partial charge in [-0.3, -0.25) is 28.8 Å². The van der Waals surface area contributed by atoms with Gasteiger partial charge in [0.25, 0.3) is 0 Å². The molecule has 0 aliphatic rings. The molecular weight excluding hydrogens is 761 g/mol. The molecule has 0 radical (unpaired) electrons. The first kappa shape index (κ1) is 41.1. The lowest BCUT2D eigenvalue weighted by molar-refractivity contribution is -0.140. The third kappa shape index (κ3) is 10.8. The number of fused-ring (bicyclic) bond motifs is 2. The predicted molar refractivity (Wildman–Crippen MR) is 193 cm³/mol. The molecule has 0 fully saturated rings. The number of alkyl halides is 3. The number of carboxylic acid groups (broad SMARTS) is 2. The molecule has 3 aromatic heterocycles. The second kappa shape index (κ2) is 17.6. The van der Waals surface area contributed by atoms with Crippen LogP contribution >= 0.6 is 0 Å². The number of carboxylic acids is 2. The lowest BCUT2D eigenvalue weighted by atomic mass is 10.0. The van der Waals surface area contributed by atoms with Crippen molar-refractivity contribution in [3.63, 3.8) is 0 Å². The number of rotatable bonds is 17. The Kier molecular flexibility index (Phi) is 12.7. The van der Waals surface area contributed by atoms with Crippen molar-refractivity contribution in [1.29, 1.82) is 0 Å². The monoisotopic (exact) mass is 796 g/mol. The molecule has 0 unspecified atom stereocenters. The average molecular weight is 797 g/mol. The molecule has 57 heavy (non-hydrogen) atoms. The molecule has 21 heteroatoms. The maximum absolute atomic E-state index is 13.7. The van der Waals surface area contributed by atoms with Crippen molar-refractivity contribution in [1.82, 2.24) is 30.9 Å². The lowest BCUT2D eigenvalue weighted by Crippen LogP contribution is -2.58. The number of benzene rings is 2. The molecular formula is C36H35F3N8O10. The van der Waals surface area contributed by atoms with Crippen LogP contribution in [0.3, 0.4) is 0 Å². The zero-order valence-corrected chi connectivity index (χ0v) is 29.5. The summed E-state index contributed by atoms with van der Waals surface area (Å²) < 4.78 is 45.4. The second-order valence-corrected chi connectivity index (χ2v) is 12.8. The van der Waals surface area contributed by atoms with Crippen molar-refractivity contribution < 1.29 is 56.6 Å². The van der Waals surface area contributed by atoms with E-state index in [1.807, 2.05) is 18.2 Å². The van der Waals surface area contributed by atoms with Gasteiger partial charge in [-0.25, -0.2) is 9.78 Å². The van der Waals surface area contributed by atoms with E-state index in [2.05, 4.69) is 36.2 Å². The minimum Gasteiger partial charge on any atom is -0.481 e. The number of amides is 4. The van der Waals surface area contributed by atoms with Gasteiger partial charge < -0.3 is 51.6 Å². The van der Waals surface area contributed by atoms with E-state index in [0.717, 1.165) is 29.1 Å². The van der Waals surface area contributed by atoms with Crippen molar-refractivity contribution in [2.45, 2.75) is 62.4 Å². The minimum atomic E-state index is -4.91. The number of anilines is 1. The number of nitrogens with one attached hydrogen (secondary N) is 6. The van der Waals surface area contributed by atoms with Crippen LogP contribution in [0, 0.1) is 0 Å². The van der Waals surface area contributed by atoms with Crippen LogP contribution in [0.5, 0.6) is 0 Å². The lowest BCUT2D eigenvalue weighted by Gasteiger charge is -2.25. The summed E-state index contributed by atoms with van der Waals surface area (Å²) in [7, 11) is 0. The number of para-hydroxylation sites is 1. The number of carbonyl (C=O) groups excluding carboxylic acids is 4. The molecule has 300 valence electrons. The Morgan fingerprint density at radius 3 is 2.21 bits per heavy atom. The largest absolute Gasteiger partial charge is 0.481 e. The zero-order valence-electron chi connectivity index (χ0n) is 29.5. The molecule has 4 amide bonds. The van der Waals surface area contributed by atoms with E-state index in [1.54, 1.807) is 12.3 Å². The normalized spacial score (nSPS) is 13.6. The number of carbonyl (C=O) groups is 6. The molecule has 0 saturated carbocycles. The van der Waals surface area contributed by atoms with Crippen molar-refractivity contribution in [3.8, 4) is 0 Å². The molecule has 5 aromatic rings. The van der Waals surface area contributed by atoms with Gasteiger partial charge in [-0.1, -0.05) is 18.2 Å². The van der Waals surface area contributed by atoms with Gasteiger partial charge in [0.15, 0.2) is 0 Å². The van der Waals surface area contributed by atoms with Gasteiger partial charge >= 0.3 is 23.7 Å². The summed E-state index contributed by atoms with van der Waals surface area (Å²) in [6.45, 7) is 0. The molecule has 0 aliphatic heterocycles. The summed E-state index contributed by atoms with van der Waals surface area (Å²) >= 11 is 0. The van der Waals surface area contributed by atoms with Crippen LogP contribution in [0.4, 0.5) is 18.9 Å². The smallest absolute Gasteiger partial charge is 0.417 e. The highest BCUT2D eigenvalue weighted by Crippen LogP contribution is 2.34. The summed E-state index contributed by atoms with van der Waals surface area (Å²) in [5.41, 5.74) is 4.61. The molecule has 3 heterocycles. The van der Waals surface area contributed by atoms with Crippen molar-refractivity contribution >= 4 is 63.1 Å². The summed E-state index contributed by atoms with van der Waals surface area (Å²) in [5.74, 6) is -6.92. The van der Waals surface area contributed by atoms with Gasteiger partial charge in [0.1, 0.15) is 23.7 Å². The Balaban J connectivity index is 1.33. The summed E-state index contributed by atoms with van der Waals surface area (Å²) in [6, 6.07) is 4.26. The Labute approximate surface area is 318 Å². The highest BCUT2D eigenvalue weighted by molar-refractivity contribution is 6.01. The van der Waals surface area contributed by atoms with Crippen LogP contribution in [0.1, 0.15) is 36.1 Å². The Hall–Kier alpha value is -7.03. The zero-order chi connectivity index (χ0) is 41.4. The van der Waals surface area contributed by atoms with E-state index < -0.39 is 107 Å². The first-order valence-corrected chi connectivity index (χ1v) is 17.1. The standard InChI is InChI=1S/C36H35F3N8O10/c37-36(38,39)22-12-31(52)57-28-11-18(5-6-21(22)28)44-34(55)27(13-30(50)51)47-35(56)26(10-19-15-41-16-43-19)46-33(54)25(7-8-29(48)49)45-32(53)23(40)9-17-14-42-24-4-2-1-3-20(17)24/h1-6,11-12,14-16,23,25-27,42H,7-10,13,40H2,(H,41,43)(H,44,55)(H,45,53)(H,46,54)(H,47,56)(H,48,49)(H,50,51)/t23-,25-,26-,27+/m1/s1. The summed E-state index contributed by atoms with van der Waals surface area (Å²) in [4.78, 5) is 98.6. The van der Waals surface area contributed by atoms with E-state index >= 15 is 0 Å². The number of aromatic amines is 2. The first-order valence-electron chi connectivity index (χ1n) is 17.1. The first-order chi connectivity index (χ1) is 27.0. The van der Waals surface area contributed by atoms with Crippen LogP contribution in [-0.2, 0) is 47.8 Å². The number of aromatic nitrogens is 3. The van der Waals surface area contributed by atoms with Gasteiger partial charge in [-0.15, -0.1) is 0 Å². The number of nitrogens with two attached hydrogens (primary N) is 1. The van der Waals surface area contributed by atoms with Crippen molar-refractivity contribution in [2.75, 3.05) is 5.32 Å². The molecule has 2 aromatic carbocycles. The number of hydrogen-bond donors (Lipinski definition) is 9. The highest BCUT2D eigenvalue weighted by Gasteiger charge is 2.35. The third-order valence-electron chi connectivity index (χ3n) is 8.67. The number of H-pyrrole nitrogens is 2. The number of halogens is 3. The molecule has 18 nitrogen and oxygen atoms in total. The van der Waals surface area contributed by atoms with E-state index in [-0.39, 0.29) is 30.3 Å². The fourth-order valence-corrected chi connectivity index (χ4v) is 5.90. The predicted octanol–water partition coefficient (Wildman–Crippen LogP) is 1.56. The van der Waals surface area contributed by atoms with Crippen LogP contribution in [0.15, 0.2) is 76.5 Å². The third-order valence-corrected chi connectivity index (χ3v) is 8.67. The van der Waals surface area contributed by atoms with Gasteiger partial charge in [-0.2, -0.15) is 13.2 Å². The van der Waals surface area contributed by atoms with Gasteiger partial charge in [0.2, 0.25) is 23.6 Å². The number of hydrogen-bond acceptors (Lipinski definition) is 10. The maximum Gasteiger partial charge on any atom is 0.417 e. The number of imidazole rings is 1. The van der Waals surface area contributed by atoms with Crippen molar-refractivity contribution in [2.24, 2.45) is 5.73 Å². The molecule has 0 bridgehead atoms. The van der Waals surface area contributed by atoms with E-state index in [1.165, 1.54) is 12.5 Å². The number of nitrogens with zero attached hydrogens (tertiary/aromatic N) is 1. The topological polar surface area (TPSA) is 292 Å². The fourth-order valence-electron chi connectivity index (χ4n) is 5.90. The van der Waals surface area contributed by atoms with Gasteiger partial charge in [-0.05, 0) is 36.6 Å². The molecule has 4 atom stereocenters. The Morgan fingerprint density at radius 2 is 1.53 bits per heavy atom. The molecule has 0 spiro atoms. The van der Waals surface area contributed by atoms with Crippen LogP contribution in [-0.4, -0.2) is 84.9 Å². The molecule has 5 rings (SSSR count). The second-order valence-electron chi connectivity index (χ2n) is 12.8. The van der Waals surface area contributed by atoms with Crippen LogP contribution < -0.4 is 32.6 Å². The van der Waals surface area contributed by atoms with E-state index in [9.17, 15) is 56.9 Å². The molecule has 0 saturated heterocycles. The molecule has 10 N–H and O–H groups in total. The summed E-state index contributed by atoms with van der Waals surface area (Å²) in [5, 5.41) is 28.6. The average Bonchev–Trinajstić information content (AvgIpc) is 3.81. The van der Waals surface area contributed by atoms with Crippen LogP contribution in [0.25, 0.3) is 21.9 Å². The van der Waals surface area contributed by atoms with E-state index in [4.69, 9.17) is 10.2 Å². The van der Waals surface area contributed by atoms with Crippen molar-refractivity contribution in [3.05, 3.63) is 94.5 Å². The fraction of sp³-hybridized carbons (Fsp3) is 0.278. The van der Waals surface area contributed by atoms with Gasteiger partial charge in [0, 0.05) is 65.0 Å². The Morgan fingerprint density at radius 1 is 0.825 bits per heavy atom. The SMILES string of the molecule is N[C@H](Cc1c[nH]c2ccccc12)C(=O)N[C@H](CCC(=O)O)C(=O)N[C@H](Cc1cnc[nH]1)C(=O)N[C@@H](CC(=O)O)C(=O)Nc1ccc2c(C(F)(F)F)cc(=O)oc2c1. The quantitative estimate of drug-likeness (QED) is 0.0606. The van der Waals surface area contributed by atoms with Gasteiger partial charge in [0.05, 0.1) is 24.4 Å². The Bertz CT molecular complexity index is 2360. The minimum absolute atomic E-state index is 0.0449.